The Morgan fingerprint density at radius 3 is 2.57 bits per heavy atom. The molecule has 2 N–H and O–H groups in total. The molecule has 1 heterocycles. The first kappa shape index (κ1) is 17.5. The second-order valence-electron chi connectivity index (χ2n) is 7.27. The highest BCUT2D eigenvalue weighted by Crippen LogP contribution is 2.41. The fourth-order valence-electron chi connectivity index (χ4n) is 2.58. The highest BCUT2D eigenvalue weighted by molar-refractivity contribution is 5.92. The van der Waals surface area contributed by atoms with Crippen LogP contribution < -0.4 is 5.32 Å². The van der Waals surface area contributed by atoms with Crippen LogP contribution >= 0.6 is 0 Å². The molecule has 1 amide bonds. The summed E-state index contributed by atoms with van der Waals surface area (Å²) in [5.74, 6) is -0.373. The summed E-state index contributed by atoms with van der Waals surface area (Å²) in [6, 6.07) is 1.92. The van der Waals surface area contributed by atoms with E-state index < -0.39 is 5.97 Å². The van der Waals surface area contributed by atoms with Crippen LogP contribution in [0.2, 0.25) is 0 Å². The Bertz CT molecular complexity index is 568. The Morgan fingerprint density at radius 2 is 2.00 bits per heavy atom. The van der Waals surface area contributed by atoms with Gasteiger partial charge in [-0.05, 0) is 52.5 Å². The van der Waals surface area contributed by atoms with E-state index in [1.54, 1.807) is 0 Å². The van der Waals surface area contributed by atoms with E-state index in [1.165, 1.54) is 12.8 Å². The highest BCUT2D eigenvalue weighted by Gasteiger charge is 2.32. The number of carbonyl (C=O) groups is 2. The number of hydrogen-bond acceptors (Lipinski definition) is 3. The number of rotatable bonds is 8. The first-order chi connectivity index (χ1) is 10.8. The zero-order valence-electron chi connectivity index (χ0n) is 14.3. The quantitative estimate of drug-likeness (QED) is 0.721. The number of carboxylic acids is 1. The number of unbranched alkanes of at least 4 members (excludes halogenated alkanes) is 2. The van der Waals surface area contributed by atoms with Crippen LogP contribution in [-0.4, -0.2) is 33.3 Å². The van der Waals surface area contributed by atoms with E-state index in [1.807, 2.05) is 10.7 Å². The zero-order valence-corrected chi connectivity index (χ0v) is 14.3. The first-order valence-corrected chi connectivity index (χ1v) is 8.39. The van der Waals surface area contributed by atoms with Gasteiger partial charge in [0.2, 0.25) is 0 Å². The monoisotopic (exact) mass is 321 g/mol. The van der Waals surface area contributed by atoms with Crippen molar-refractivity contribution in [1.29, 1.82) is 0 Å². The first-order valence-electron chi connectivity index (χ1n) is 8.39. The van der Waals surface area contributed by atoms with E-state index in [0.29, 0.717) is 24.6 Å². The molecule has 1 aliphatic rings. The lowest BCUT2D eigenvalue weighted by molar-refractivity contribution is -0.137. The van der Waals surface area contributed by atoms with E-state index in [9.17, 15) is 9.59 Å². The molecule has 0 atom stereocenters. The predicted molar refractivity (Wildman–Crippen MR) is 87.6 cm³/mol. The van der Waals surface area contributed by atoms with Crippen LogP contribution in [-0.2, 0) is 10.3 Å². The molecule has 0 radical (unpaired) electrons. The number of aliphatic carboxylic acids is 1. The number of amides is 1. The number of carboxylic acid groups (broad SMARTS) is 1. The molecular formula is C17H27N3O3. The molecule has 1 saturated carbocycles. The van der Waals surface area contributed by atoms with Gasteiger partial charge >= 0.3 is 5.97 Å². The third-order valence-corrected chi connectivity index (χ3v) is 3.95. The number of nitrogens with zero attached hydrogens (tertiary/aromatic N) is 2. The van der Waals surface area contributed by atoms with E-state index in [2.05, 4.69) is 31.2 Å². The van der Waals surface area contributed by atoms with Gasteiger partial charge in [0.25, 0.3) is 5.91 Å². The van der Waals surface area contributed by atoms with Crippen molar-refractivity contribution in [2.24, 2.45) is 0 Å². The van der Waals surface area contributed by atoms with Crippen molar-refractivity contribution in [2.45, 2.75) is 70.8 Å². The molecule has 1 fully saturated rings. The SMILES string of the molecule is CC(C)(C)n1nc(C(=O)NCCCCCC(=O)O)cc1C1CC1. The molecule has 2 rings (SSSR count). The minimum absolute atomic E-state index is 0.132. The second-order valence-corrected chi connectivity index (χ2v) is 7.27. The molecule has 0 bridgehead atoms. The van der Waals surface area contributed by atoms with Gasteiger partial charge in [-0.25, -0.2) is 0 Å². The highest BCUT2D eigenvalue weighted by atomic mass is 16.4. The lowest BCUT2D eigenvalue weighted by Crippen LogP contribution is -2.27. The fourth-order valence-corrected chi connectivity index (χ4v) is 2.58. The maximum absolute atomic E-state index is 12.2. The van der Waals surface area contributed by atoms with Crippen molar-refractivity contribution in [1.82, 2.24) is 15.1 Å². The summed E-state index contributed by atoms with van der Waals surface area (Å²) in [6.07, 6.45) is 4.77. The number of hydrogen-bond donors (Lipinski definition) is 2. The van der Waals surface area contributed by atoms with E-state index in [-0.39, 0.29) is 17.9 Å². The standard InChI is InChI=1S/C17H27N3O3/c1-17(2,3)20-14(12-8-9-12)11-13(19-20)16(23)18-10-6-4-5-7-15(21)22/h11-12H,4-10H2,1-3H3,(H,18,23)(H,21,22). The van der Waals surface area contributed by atoms with Gasteiger partial charge in [0.05, 0.1) is 5.54 Å². The molecule has 0 saturated heterocycles. The summed E-state index contributed by atoms with van der Waals surface area (Å²) in [6.45, 7) is 6.83. The van der Waals surface area contributed by atoms with Gasteiger partial charge in [0, 0.05) is 24.6 Å². The molecule has 6 heteroatoms. The summed E-state index contributed by atoms with van der Waals surface area (Å²) in [7, 11) is 0. The molecule has 0 unspecified atom stereocenters. The molecule has 1 aromatic rings. The largest absolute Gasteiger partial charge is 0.481 e. The van der Waals surface area contributed by atoms with Crippen LogP contribution in [0.3, 0.4) is 0 Å². The molecule has 128 valence electrons. The van der Waals surface area contributed by atoms with E-state index in [0.717, 1.165) is 18.5 Å². The van der Waals surface area contributed by atoms with Crippen LogP contribution in [0.25, 0.3) is 0 Å². The molecular weight excluding hydrogens is 294 g/mol. The van der Waals surface area contributed by atoms with Gasteiger partial charge in [-0.2, -0.15) is 5.10 Å². The molecule has 0 spiro atoms. The normalized spacial score (nSPS) is 14.7. The molecule has 0 aliphatic heterocycles. The van der Waals surface area contributed by atoms with E-state index >= 15 is 0 Å². The molecule has 6 nitrogen and oxygen atoms in total. The average Bonchev–Trinajstić information content (AvgIpc) is 3.19. The van der Waals surface area contributed by atoms with Crippen molar-refractivity contribution in [3.8, 4) is 0 Å². The fraction of sp³-hybridized carbons (Fsp3) is 0.706. The van der Waals surface area contributed by atoms with E-state index in [4.69, 9.17) is 5.11 Å². The number of aromatic nitrogens is 2. The van der Waals surface area contributed by atoms with Crippen molar-refractivity contribution in [3.63, 3.8) is 0 Å². The van der Waals surface area contributed by atoms with Gasteiger partial charge in [-0.3, -0.25) is 14.3 Å². The minimum atomic E-state index is -0.769. The van der Waals surface area contributed by atoms with Crippen molar-refractivity contribution in [3.05, 3.63) is 17.5 Å². The maximum atomic E-state index is 12.2. The predicted octanol–water partition coefficient (Wildman–Crippen LogP) is 2.89. The number of nitrogens with one attached hydrogen (secondary N) is 1. The van der Waals surface area contributed by atoms with Crippen molar-refractivity contribution in [2.75, 3.05) is 6.54 Å². The van der Waals surface area contributed by atoms with Crippen LogP contribution in [0.4, 0.5) is 0 Å². The summed E-state index contributed by atoms with van der Waals surface area (Å²) in [5.41, 5.74) is 1.50. The maximum Gasteiger partial charge on any atom is 0.303 e. The Balaban J connectivity index is 1.86. The molecule has 1 aliphatic carbocycles. The van der Waals surface area contributed by atoms with Gasteiger partial charge in [-0.15, -0.1) is 0 Å². The summed E-state index contributed by atoms with van der Waals surface area (Å²) in [4.78, 5) is 22.7. The molecule has 23 heavy (non-hydrogen) atoms. The molecule has 0 aromatic carbocycles. The Morgan fingerprint density at radius 1 is 1.30 bits per heavy atom. The second kappa shape index (κ2) is 7.15. The minimum Gasteiger partial charge on any atom is -0.481 e. The lowest BCUT2D eigenvalue weighted by atomic mass is 10.1. The van der Waals surface area contributed by atoms with Crippen LogP contribution in [0.15, 0.2) is 6.07 Å². The summed E-state index contributed by atoms with van der Waals surface area (Å²) < 4.78 is 1.98. The van der Waals surface area contributed by atoms with Crippen LogP contribution in [0, 0.1) is 0 Å². The van der Waals surface area contributed by atoms with Crippen LogP contribution in [0.5, 0.6) is 0 Å². The topological polar surface area (TPSA) is 84.2 Å². The number of carbonyl (C=O) groups excluding carboxylic acids is 1. The van der Waals surface area contributed by atoms with Crippen LogP contribution in [0.1, 0.15) is 81.4 Å². The summed E-state index contributed by atoms with van der Waals surface area (Å²) >= 11 is 0. The van der Waals surface area contributed by atoms with Gasteiger partial charge < -0.3 is 10.4 Å². The Hall–Kier alpha value is -1.85. The Labute approximate surface area is 137 Å². The smallest absolute Gasteiger partial charge is 0.303 e. The van der Waals surface area contributed by atoms with Gasteiger partial charge in [0.1, 0.15) is 5.69 Å². The van der Waals surface area contributed by atoms with Gasteiger partial charge in [-0.1, -0.05) is 6.42 Å². The lowest BCUT2D eigenvalue weighted by Gasteiger charge is -2.22. The van der Waals surface area contributed by atoms with Crippen molar-refractivity contribution >= 4 is 11.9 Å². The van der Waals surface area contributed by atoms with Crippen molar-refractivity contribution < 1.29 is 14.7 Å². The summed E-state index contributed by atoms with van der Waals surface area (Å²) in [5, 5.41) is 16.0. The third kappa shape index (κ3) is 5.08. The zero-order chi connectivity index (χ0) is 17.0. The Kier molecular flexibility index (Phi) is 5.44. The molecule has 1 aromatic heterocycles. The average molecular weight is 321 g/mol. The van der Waals surface area contributed by atoms with Gasteiger partial charge in [0.15, 0.2) is 0 Å². The third-order valence-electron chi connectivity index (χ3n) is 3.95.